The van der Waals surface area contributed by atoms with E-state index in [2.05, 4.69) is 54.2 Å². The van der Waals surface area contributed by atoms with Crippen LogP contribution in [0.25, 0.3) is 0 Å². The molecule has 29 heavy (non-hydrogen) atoms. The van der Waals surface area contributed by atoms with Crippen LogP contribution in [0.15, 0.2) is 30.3 Å². The average Bonchev–Trinajstić information content (AvgIpc) is 3.52. The SMILES string of the molecule is COC(=O)CN1C[C@]2(CC[C@@](c3ccccc3)(N(C)C)CC2)N(CC2CC2)C1=O. The second-order valence-corrected chi connectivity index (χ2v) is 9.29. The molecule has 158 valence electrons. The summed E-state index contributed by atoms with van der Waals surface area (Å²) in [6.45, 7) is 1.51. The summed E-state index contributed by atoms with van der Waals surface area (Å²) in [6, 6.07) is 10.8. The second-order valence-electron chi connectivity index (χ2n) is 9.29. The lowest BCUT2D eigenvalue weighted by molar-refractivity contribution is -0.141. The number of esters is 1. The molecule has 2 saturated carbocycles. The van der Waals surface area contributed by atoms with Crippen molar-refractivity contribution in [2.24, 2.45) is 5.92 Å². The van der Waals surface area contributed by atoms with Crippen molar-refractivity contribution in [2.45, 2.75) is 49.6 Å². The highest BCUT2D eigenvalue weighted by Gasteiger charge is 2.55. The molecule has 1 spiro atoms. The monoisotopic (exact) mass is 399 g/mol. The maximum atomic E-state index is 13.2. The van der Waals surface area contributed by atoms with Crippen LogP contribution in [0.3, 0.4) is 0 Å². The Bertz CT molecular complexity index is 752. The number of methoxy groups -OCH3 is 1. The third-order valence-electron chi connectivity index (χ3n) is 7.42. The molecule has 1 aromatic rings. The van der Waals surface area contributed by atoms with Crippen molar-refractivity contribution >= 4 is 12.0 Å². The normalized spacial score (nSPS) is 29.7. The van der Waals surface area contributed by atoms with Crippen molar-refractivity contribution in [3.05, 3.63) is 35.9 Å². The van der Waals surface area contributed by atoms with E-state index in [1.807, 2.05) is 0 Å². The Morgan fingerprint density at radius 1 is 1.14 bits per heavy atom. The van der Waals surface area contributed by atoms with Gasteiger partial charge >= 0.3 is 12.0 Å². The summed E-state index contributed by atoms with van der Waals surface area (Å²) in [4.78, 5) is 31.2. The summed E-state index contributed by atoms with van der Waals surface area (Å²) >= 11 is 0. The molecule has 0 unspecified atom stereocenters. The Morgan fingerprint density at radius 3 is 2.34 bits per heavy atom. The number of amides is 2. The maximum absolute atomic E-state index is 13.2. The number of urea groups is 1. The maximum Gasteiger partial charge on any atom is 0.325 e. The van der Waals surface area contributed by atoms with Crippen molar-refractivity contribution in [3.63, 3.8) is 0 Å². The van der Waals surface area contributed by atoms with Crippen LogP contribution in [-0.2, 0) is 15.1 Å². The number of hydrogen-bond acceptors (Lipinski definition) is 4. The first-order valence-corrected chi connectivity index (χ1v) is 10.8. The molecule has 1 aliphatic heterocycles. The zero-order valence-electron chi connectivity index (χ0n) is 17.9. The van der Waals surface area contributed by atoms with Crippen LogP contribution in [0.1, 0.15) is 44.1 Å². The molecule has 2 aliphatic carbocycles. The first-order valence-electron chi connectivity index (χ1n) is 10.8. The molecule has 1 saturated heterocycles. The van der Waals surface area contributed by atoms with Crippen molar-refractivity contribution < 1.29 is 14.3 Å². The minimum absolute atomic E-state index is 0.00340. The Balaban J connectivity index is 1.58. The molecule has 0 aromatic heterocycles. The van der Waals surface area contributed by atoms with E-state index >= 15 is 0 Å². The Morgan fingerprint density at radius 2 is 1.79 bits per heavy atom. The molecular weight excluding hydrogens is 366 g/mol. The lowest BCUT2D eigenvalue weighted by Gasteiger charge is -2.51. The molecule has 3 aliphatic rings. The van der Waals surface area contributed by atoms with Crippen LogP contribution in [0.4, 0.5) is 4.79 Å². The highest BCUT2D eigenvalue weighted by molar-refractivity contribution is 5.83. The number of carbonyl (C=O) groups excluding carboxylic acids is 2. The van der Waals surface area contributed by atoms with Crippen molar-refractivity contribution in [2.75, 3.05) is 40.8 Å². The molecule has 6 nitrogen and oxygen atoms in total. The molecule has 0 bridgehead atoms. The molecule has 2 amide bonds. The third-order valence-corrected chi connectivity index (χ3v) is 7.42. The number of carbonyl (C=O) groups is 2. The van der Waals surface area contributed by atoms with E-state index in [1.165, 1.54) is 25.5 Å². The average molecular weight is 400 g/mol. The smallest absolute Gasteiger partial charge is 0.325 e. The van der Waals surface area contributed by atoms with Gasteiger partial charge < -0.3 is 14.5 Å². The van der Waals surface area contributed by atoms with Gasteiger partial charge in [-0.25, -0.2) is 4.79 Å². The Hall–Kier alpha value is -2.08. The van der Waals surface area contributed by atoms with Crippen LogP contribution in [0, 0.1) is 5.92 Å². The first kappa shape index (κ1) is 20.2. The van der Waals surface area contributed by atoms with Gasteiger partial charge in [0.05, 0.1) is 12.6 Å². The van der Waals surface area contributed by atoms with Crippen LogP contribution >= 0.6 is 0 Å². The topological polar surface area (TPSA) is 53.1 Å². The van der Waals surface area contributed by atoms with Gasteiger partial charge in [-0.05, 0) is 64.1 Å². The minimum atomic E-state index is -0.343. The predicted molar refractivity (Wildman–Crippen MR) is 111 cm³/mol. The van der Waals surface area contributed by atoms with Gasteiger partial charge in [-0.3, -0.25) is 9.69 Å². The van der Waals surface area contributed by atoms with Gasteiger partial charge in [0, 0.05) is 18.6 Å². The summed E-state index contributed by atoms with van der Waals surface area (Å²) in [7, 11) is 5.71. The lowest BCUT2D eigenvalue weighted by Crippen LogP contribution is -2.55. The zero-order chi connectivity index (χ0) is 20.6. The lowest BCUT2D eigenvalue weighted by atomic mass is 9.68. The van der Waals surface area contributed by atoms with E-state index in [0.29, 0.717) is 12.5 Å². The number of ether oxygens (including phenoxy) is 1. The van der Waals surface area contributed by atoms with Crippen molar-refractivity contribution in [1.82, 2.24) is 14.7 Å². The molecule has 4 rings (SSSR count). The Labute approximate surface area is 173 Å². The molecule has 1 heterocycles. The minimum Gasteiger partial charge on any atom is -0.468 e. The molecule has 6 heteroatoms. The van der Waals surface area contributed by atoms with Crippen LogP contribution in [0.2, 0.25) is 0 Å². The van der Waals surface area contributed by atoms with E-state index in [9.17, 15) is 9.59 Å². The summed E-state index contributed by atoms with van der Waals surface area (Å²) in [6.07, 6.45) is 6.34. The molecule has 1 aromatic carbocycles. The Kier molecular flexibility index (Phi) is 5.32. The van der Waals surface area contributed by atoms with Crippen molar-refractivity contribution in [3.8, 4) is 0 Å². The molecule has 0 N–H and O–H groups in total. The van der Waals surface area contributed by atoms with Gasteiger partial charge in [0.1, 0.15) is 6.54 Å². The number of hydrogen-bond donors (Lipinski definition) is 0. The largest absolute Gasteiger partial charge is 0.468 e. The molecule has 3 fully saturated rings. The van der Waals surface area contributed by atoms with Gasteiger partial charge in [0.2, 0.25) is 0 Å². The second kappa shape index (κ2) is 7.63. The van der Waals surface area contributed by atoms with Crippen LogP contribution in [0.5, 0.6) is 0 Å². The quantitative estimate of drug-likeness (QED) is 0.690. The molecule has 0 atom stereocenters. The third kappa shape index (κ3) is 3.63. The number of benzene rings is 1. The number of nitrogens with zero attached hydrogens (tertiary/aromatic N) is 3. The fourth-order valence-corrected chi connectivity index (χ4v) is 5.36. The van der Waals surface area contributed by atoms with E-state index < -0.39 is 0 Å². The summed E-state index contributed by atoms with van der Waals surface area (Å²) in [5.41, 5.74) is 1.18. The number of rotatable bonds is 6. The van der Waals surface area contributed by atoms with E-state index in [0.717, 1.165) is 32.2 Å². The van der Waals surface area contributed by atoms with Gasteiger partial charge in [0.25, 0.3) is 0 Å². The van der Waals surface area contributed by atoms with E-state index in [1.54, 1.807) is 4.90 Å². The first-order chi connectivity index (χ1) is 13.9. The van der Waals surface area contributed by atoms with Crippen LogP contribution in [-0.4, -0.2) is 73.1 Å². The van der Waals surface area contributed by atoms with E-state index in [-0.39, 0.29) is 29.6 Å². The zero-order valence-corrected chi connectivity index (χ0v) is 17.9. The summed E-state index contributed by atoms with van der Waals surface area (Å²) in [5, 5.41) is 0. The van der Waals surface area contributed by atoms with Gasteiger partial charge in [-0.2, -0.15) is 0 Å². The fourth-order valence-electron chi connectivity index (χ4n) is 5.36. The fraction of sp³-hybridized carbons (Fsp3) is 0.652. The predicted octanol–water partition coefficient (Wildman–Crippen LogP) is 3.08. The van der Waals surface area contributed by atoms with Crippen molar-refractivity contribution in [1.29, 1.82) is 0 Å². The van der Waals surface area contributed by atoms with Gasteiger partial charge in [0.15, 0.2) is 0 Å². The van der Waals surface area contributed by atoms with Gasteiger partial charge in [-0.15, -0.1) is 0 Å². The standard InChI is InChI=1S/C23H33N3O3/c1-24(2)23(19-7-5-4-6-8-19)13-11-22(12-14-23)17-25(16-20(27)29-3)21(28)26(22)15-18-9-10-18/h4-8,18H,9-17H2,1-3H3/t22-,23-. The molecule has 0 radical (unpaired) electrons. The highest BCUT2D eigenvalue weighted by Crippen LogP contribution is 2.49. The summed E-state index contributed by atoms with van der Waals surface area (Å²) < 4.78 is 4.83. The molecular formula is C23H33N3O3. The van der Waals surface area contributed by atoms with Crippen LogP contribution < -0.4 is 0 Å². The van der Waals surface area contributed by atoms with E-state index in [4.69, 9.17) is 4.74 Å². The summed E-state index contributed by atoms with van der Waals surface area (Å²) in [5.74, 6) is 0.285. The highest BCUT2D eigenvalue weighted by atomic mass is 16.5. The van der Waals surface area contributed by atoms with Gasteiger partial charge in [-0.1, -0.05) is 30.3 Å².